The first-order valence-electron chi connectivity index (χ1n) is 7.46. The number of thiazole rings is 1. The van der Waals surface area contributed by atoms with Gasteiger partial charge in [-0.3, -0.25) is 10.1 Å². The molecule has 0 aliphatic rings. The van der Waals surface area contributed by atoms with Crippen molar-refractivity contribution >= 4 is 45.6 Å². The summed E-state index contributed by atoms with van der Waals surface area (Å²) >= 11 is 13.5. The van der Waals surface area contributed by atoms with Crippen molar-refractivity contribution in [2.75, 3.05) is 19.5 Å². The van der Waals surface area contributed by atoms with Gasteiger partial charge in [-0.25, -0.2) is 4.98 Å². The number of nitrogens with one attached hydrogen (secondary N) is 1. The van der Waals surface area contributed by atoms with E-state index in [0.717, 1.165) is 0 Å². The zero-order chi connectivity index (χ0) is 18.7. The first-order chi connectivity index (χ1) is 12.5. The maximum atomic E-state index is 12.5. The van der Waals surface area contributed by atoms with Gasteiger partial charge in [0.15, 0.2) is 16.6 Å². The highest BCUT2D eigenvalue weighted by Crippen LogP contribution is 2.33. The zero-order valence-electron chi connectivity index (χ0n) is 13.9. The van der Waals surface area contributed by atoms with Gasteiger partial charge in [0.25, 0.3) is 5.91 Å². The molecular weight excluding hydrogens is 395 g/mol. The number of amides is 1. The molecule has 0 fully saturated rings. The fourth-order valence-corrected chi connectivity index (χ4v) is 3.39. The molecule has 0 atom stereocenters. The summed E-state index contributed by atoms with van der Waals surface area (Å²) in [6, 6.07) is 10.1. The maximum absolute atomic E-state index is 12.5. The number of benzene rings is 2. The number of aromatic nitrogens is 1. The monoisotopic (exact) mass is 408 g/mol. The largest absolute Gasteiger partial charge is 0.493 e. The summed E-state index contributed by atoms with van der Waals surface area (Å²) in [7, 11) is 3.05. The third kappa shape index (κ3) is 3.93. The molecule has 1 amide bonds. The minimum atomic E-state index is -0.302. The van der Waals surface area contributed by atoms with E-state index in [1.807, 2.05) is 5.38 Å². The number of rotatable bonds is 5. The van der Waals surface area contributed by atoms with E-state index in [2.05, 4.69) is 10.3 Å². The third-order valence-corrected chi connectivity index (χ3v) is 4.90. The van der Waals surface area contributed by atoms with Gasteiger partial charge < -0.3 is 9.47 Å². The van der Waals surface area contributed by atoms with Crippen molar-refractivity contribution in [2.24, 2.45) is 0 Å². The van der Waals surface area contributed by atoms with Crippen molar-refractivity contribution in [2.45, 2.75) is 0 Å². The molecule has 2 aromatic carbocycles. The Kier molecular flexibility index (Phi) is 5.66. The molecular formula is C18H14Cl2N2O3S. The molecule has 0 spiro atoms. The summed E-state index contributed by atoms with van der Waals surface area (Å²) in [4.78, 5) is 16.9. The van der Waals surface area contributed by atoms with Gasteiger partial charge >= 0.3 is 0 Å². The number of carbonyl (C=O) groups excluding carboxylic acids is 1. The van der Waals surface area contributed by atoms with Crippen molar-refractivity contribution in [3.8, 4) is 22.8 Å². The molecule has 0 radical (unpaired) electrons. The highest BCUT2D eigenvalue weighted by Gasteiger charge is 2.14. The Morgan fingerprint density at radius 2 is 1.85 bits per heavy atom. The minimum absolute atomic E-state index is 0.302. The fourth-order valence-electron chi connectivity index (χ4n) is 2.30. The van der Waals surface area contributed by atoms with Gasteiger partial charge in [-0.2, -0.15) is 0 Å². The van der Waals surface area contributed by atoms with Crippen LogP contribution in [-0.2, 0) is 0 Å². The van der Waals surface area contributed by atoms with E-state index in [9.17, 15) is 4.79 Å². The predicted octanol–water partition coefficient (Wildman–Crippen LogP) is 5.39. The van der Waals surface area contributed by atoms with E-state index in [1.165, 1.54) is 25.6 Å². The van der Waals surface area contributed by atoms with Gasteiger partial charge in [0.05, 0.1) is 24.9 Å². The van der Waals surface area contributed by atoms with Crippen molar-refractivity contribution < 1.29 is 14.3 Å². The molecule has 1 aromatic heterocycles. The topological polar surface area (TPSA) is 60.5 Å². The van der Waals surface area contributed by atoms with Crippen LogP contribution in [0.25, 0.3) is 11.3 Å². The van der Waals surface area contributed by atoms with E-state index < -0.39 is 0 Å². The number of methoxy groups -OCH3 is 2. The molecule has 3 rings (SSSR count). The number of halogens is 2. The van der Waals surface area contributed by atoms with Crippen LogP contribution >= 0.6 is 34.5 Å². The summed E-state index contributed by atoms with van der Waals surface area (Å²) in [5, 5.41) is 6.13. The molecule has 8 heteroatoms. The quantitative estimate of drug-likeness (QED) is 0.614. The lowest BCUT2D eigenvalue weighted by Gasteiger charge is -2.09. The summed E-state index contributed by atoms with van der Waals surface area (Å²) in [6.45, 7) is 0. The van der Waals surface area contributed by atoms with E-state index in [0.29, 0.717) is 43.5 Å². The van der Waals surface area contributed by atoms with Crippen LogP contribution in [0.3, 0.4) is 0 Å². The smallest absolute Gasteiger partial charge is 0.257 e. The maximum Gasteiger partial charge on any atom is 0.257 e. The Balaban J connectivity index is 1.81. The van der Waals surface area contributed by atoms with Crippen LogP contribution in [0.4, 0.5) is 5.13 Å². The van der Waals surface area contributed by atoms with Crippen LogP contribution in [0, 0.1) is 0 Å². The lowest BCUT2D eigenvalue weighted by molar-refractivity contribution is 0.102. The molecule has 134 valence electrons. The number of nitrogens with zero attached hydrogens (tertiary/aromatic N) is 1. The van der Waals surface area contributed by atoms with Gasteiger partial charge in [-0.05, 0) is 36.4 Å². The Morgan fingerprint density at radius 3 is 2.58 bits per heavy atom. The van der Waals surface area contributed by atoms with Crippen molar-refractivity contribution in [3.05, 3.63) is 57.4 Å². The molecule has 26 heavy (non-hydrogen) atoms. The van der Waals surface area contributed by atoms with Gasteiger partial charge in [0.2, 0.25) is 0 Å². The molecule has 5 nitrogen and oxygen atoms in total. The normalized spacial score (nSPS) is 10.5. The fraction of sp³-hybridized carbons (Fsp3) is 0.111. The van der Waals surface area contributed by atoms with E-state index in [1.54, 1.807) is 36.4 Å². The van der Waals surface area contributed by atoms with Crippen LogP contribution in [0.1, 0.15) is 10.4 Å². The van der Waals surface area contributed by atoms with E-state index in [-0.39, 0.29) is 5.91 Å². The second-order valence-electron chi connectivity index (χ2n) is 5.19. The lowest BCUT2D eigenvalue weighted by atomic mass is 10.2. The Hall–Kier alpha value is -2.28. The van der Waals surface area contributed by atoms with Crippen LogP contribution < -0.4 is 14.8 Å². The molecule has 0 saturated carbocycles. The van der Waals surface area contributed by atoms with Crippen molar-refractivity contribution in [3.63, 3.8) is 0 Å². The number of hydrogen-bond donors (Lipinski definition) is 1. The number of hydrogen-bond acceptors (Lipinski definition) is 5. The Labute approximate surface area is 164 Å². The molecule has 1 heterocycles. The highest BCUT2D eigenvalue weighted by molar-refractivity contribution is 7.14. The van der Waals surface area contributed by atoms with Gasteiger partial charge in [-0.15, -0.1) is 11.3 Å². The zero-order valence-corrected chi connectivity index (χ0v) is 16.2. The van der Waals surface area contributed by atoms with E-state index >= 15 is 0 Å². The first-order valence-corrected chi connectivity index (χ1v) is 9.09. The Bertz CT molecular complexity index is 959. The average molecular weight is 409 g/mol. The summed E-state index contributed by atoms with van der Waals surface area (Å²) in [6.07, 6.45) is 0. The number of carbonyl (C=O) groups is 1. The van der Waals surface area contributed by atoms with Gasteiger partial charge in [0, 0.05) is 21.5 Å². The van der Waals surface area contributed by atoms with Crippen LogP contribution in [0.5, 0.6) is 11.5 Å². The predicted molar refractivity (Wildman–Crippen MR) is 105 cm³/mol. The van der Waals surface area contributed by atoms with Crippen molar-refractivity contribution in [1.82, 2.24) is 4.98 Å². The van der Waals surface area contributed by atoms with Gasteiger partial charge in [0.1, 0.15) is 0 Å². The minimum Gasteiger partial charge on any atom is -0.493 e. The summed E-state index contributed by atoms with van der Waals surface area (Å²) in [5.74, 6) is 0.728. The SMILES string of the molecule is COc1ccc(C(=O)Nc2nc(-c3cc(Cl)ccc3Cl)cs2)cc1OC. The van der Waals surface area contributed by atoms with Crippen LogP contribution in [0.15, 0.2) is 41.8 Å². The first kappa shape index (κ1) is 18.5. The van der Waals surface area contributed by atoms with Crippen molar-refractivity contribution in [1.29, 1.82) is 0 Å². The molecule has 0 saturated heterocycles. The summed E-state index contributed by atoms with van der Waals surface area (Å²) < 4.78 is 10.4. The van der Waals surface area contributed by atoms with E-state index in [4.69, 9.17) is 32.7 Å². The third-order valence-electron chi connectivity index (χ3n) is 3.57. The molecule has 3 aromatic rings. The molecule has 0 bridgehead atoms. The van der Waals surface area contributed by atoms with Gasteiger partial charge in [-0.1, -0.05) is 23.2 Å². The average Bonchev–Trinajstić information content (AvgIpc) is 3.11. The standard InChI is InChI=1S/C18H14Cl2N2O3S/c1-24-15-6-3-10(7-16(15)25-2)17(23)22-18-21-14(9-26-18)12-8-11(19)4-5-13(12)20/h3-9H,1-2H3,(H,21,22,23). The highest BCUT2D eigenvalue weighted by atomic mass is 35.5. The second kappa shape index (κ2) is 7.95. The number of ether oxygens (including phenoxy) is 2. The molecule has 1 N–H and O–H groups in total. The van der Waals surface area contributed by atoms with Crippen LogP contribution in [-0.4, -0.2) is 25.1 Å². The summed E-state index contributed by atoms with van der Waals surface area (Å²) in [5.41, 5.74) is 1.78. The van der Waals surface area contributed by atoms with Crippen LogP contribution in [0.2, 0.25) is 10.0 Å². The lowest BCUT2D eigenvalue weighted by Crippen LogP contribution is -2.12. The molecule has 0 aliphatic heterocycles. The molecule has 0 unspecified atom stereocenters. The number of anilines is 1. The second-order valence-corrected chi connectivity index (χ2v) is 6.89. The molecule has 0 aliphatic carbocycles. The Morgan fingerprint density at radius 1 is 1.08 bits per heavy atom.